The molecular weight excluding hydrogens is 614 g/mol. The van der Waals surface area contributed by atoms with Gasteiger partial charge in [-0.3, -0.25) is 19.4 Å². The van der Waals surface area contributed by atoms with Crippen molar-refractivity contribution >= 4 is 11.7 Å². The number of benzene rings is 2. The zero-order valence-corrected chi connectivity index (χ0v) is 29.7. The van der Waals surface area contributed by atoms with E-state index in [-0.39, 0.29) is 36.0 Å². The summed E-state index contributed by atoms with van der Waals surface area (Å²) < 4.78 is 11.0. The maximum atomic E-state index is 14.1. The van der Waals surface area contributed by atoms with Gasteiger partial charge in [-0.05, 0) is 108 Å². The molecule has 2 aromatic carbocycles. The molecule has 3 heterocycles. The topological polar surface area (TPSA) is 82.6 Å². The number of rotatable bonds is 6. The molecule has 0 radical (unpaired) electrons. The Hall–Kier alpha value is -3.20. The van der Waals surface area contributed by atoms with Crippen LogP contribution in [0.2, 0.25) is 0 Å². The number of likely N-dealkylation sites (tertiary alicyclic amines) is 1. The van der Waals surface area contributed by atoms with Crippen molar-refractivity contribution in [3.63, 3.8) is 0 Å². The van der Waals surface area contributed by atoms with Crippen molar-refractivity contribution in [2.24, 2.45) is 17.3 Å². The summed E-state index contributed by atoms with van der Waals surface area (Å²) in [4.78, 5) is 33.2. The number of carbonyl (C=O) groups is 2. The second kappa shape index (κ2) is 12.8. The molecule has 0 bridgehead atoms. The number of piperazine rings is 1. The Kier molecular flexibility index (Phi) is 8.64. The van der Waals surface area contributed by atoms with Gasteiger partial charge < -0.3 is 19.5 Å². The first-order chi connectivity index (χ1) is 23.6. The standard InChI is InChI=1S/C41H53N3O5/c1-25-17-36(46)40(44(21-25)39(47)23-43-15-13-42(14-16-43)22-28-5-10-37-38(18-28)49-24-48-37)27(3)31-8-9-32-33-7-6-29-19-30(45)11-12-41(29,4)35(33)20-34(32)26(31)2/h5,8-10,18-19,25,27,33,35-36,40,46H,6-7,11-17,20-24H2,1-4H3/t25-,27-,33-,35-,36+,40-,41-/m0/s1. The van der Waals surface area contributed by atoms with E-state index in [0.717, 1.165) is 76.3 Å². The largest absolute Gasteiger partial charge is 0.454 e. The molecule has 8 rings (SSSR count). The van der Waals surface area contributed by atoms with Gasteiger partial charge in [0.15, 0.2) is 17.3 Å². The Balaban J connectivity index is 0.950. The van der Waals surface area contributed by atoms with Gasteiger partial charge >= 0.3 is 0 Å². The summed E-state index contributed by atoms with van der Waals surface area (Å²) in [7, 11) is 0. The Morgan fingerprint density at radius 2 is 1.84 bits per heavy atom. The fraction of sp³-hybridized carbons (Fsp3) is 0.610. The lowest BCUT2D eigenvalue weighted by molar-refractivity contribution is -0.143. The predicted molar refractivity (Wildman–Crippen MR) is 189 cm³/mol. The number of aliphatic hydroxyl groups is 1. The Labute approximate surface area is 291 Å². The van der Waals surface area contributed by atoms with Gasteiger partial charge in [-0.2, -0.15) is 0 Å². The van der Waals surface area contributed by atoms with E-state index in [1.54, 1.807) is 0 Å². The Bertz CT molecular complexity index is 1660. The highest BCUT2D eigenvalue weighted by Crippen LogP contribution is 2.60. The smallest absolute Gasteiger partial charge is 0.237 e. The highest BCUT2D eigenvalue weighted by molar-refractivity contribution is 5.91. The number of piperidine rings is 1. The van der Waals surface area contributed by atoms with E-state index in [0.29, 0.717) is 37.1 Å². The third-order valence-electron chi connectivity index (χ3n) is 13.4. The monoisotopic (exact) mass is 667 g/mol. The number of ketones is 1. The predicted octanol–water partition coefficient (Wildman–Crippen LogP) is 5.59. The maximum absolute atomic E-state index is 14.1. The summed E-state index contributed by atoms with van der Waals surface area (Å²) in [5.74, 6) is 3.43. The van der Waals surface area contributed by atoms with E-state index in [9.17, 15) is 14.7 Å². The highest BCUT2D eigenvalue weighted by Gasteiger charge is 2.51. The average molecular weight is 668 g/mol. The van der Waals surface area contributed by atoms with Crippen LogP contribution in [0.3, 0.4) is 0 Å². The molecule has 6 aliphatic rings. The number of nitrogens with zero attached hydrogens (tertiary/aromatic N) is 3. The number of carbonyl (C=O) groups excluding carboxylic acids is 2. The first kappa shape index (κ1) is 33.0. The van der Waals surface area contributed by atoms with Gasteiger partial charge in [0.25, 0.3) is 0 Å². The average Bonchev–Trinajstić information content (AvgIpc) is 3.71. The van der Waals surface area contributed by atoms with Crippen LogP contribution in [0.4, 0.5) is 0 Å². The molecule has 3 aliphatic carbocycles. The quantitative estimate of drug-likeness (QED) is 0.431. The second-order valence-corrected chi connectivity index (χ2v) is 16.3. The van der Waals surface area contributed by atoms with E-state index < -0.39 is 6.10 Å². The molecule has 3 aliphatic heterocycles. The van der Waals surface area contributed by atoms with E-state index >= 15 is 0 Å². The van der Waals surface area contributed by atoms with Gasteiger partial charge in [-0.1, -0.05) is 44.5 Å². The normalized spacial score (nSPS) is 31.9. The number of amides is 1. The third kappa shape index (κ3) is 5.91. The van der Waals surface area contributed by atoms with E-state index in [1.165, 1.54) is 33.4 Å². The number of ether oxygens (including phenoxy) is 2. The summed E-state index contributed by atoms with van der Waals surface area (Å²) >= 11 is 0. The summed E-state index contributed by atoms with van der Waals surface area (Å²) in [6.45, 7) is 14.8. The molecule has 8 nitrogen and oxygen atoms in total. The number of hydrogen-bond acceptors (Lipinski definition) is 7. The van der Waals surface area contributed by atoms with Crippen molar-refractivity contribution in [3.8, 4) is 11.5 Å². The molecule has 7 atom stereocenters. The van der Waals surface area contributed by atoms with Gasteiger partial charge in [0.05, 0.1) is 18.7 Å². The van der Waals surface area contributed by atoms with Crippen LogP contribution in [0.15, 0.2) is 42.0 Å². The summed E-state index contributed by atoms with van der Waals surface area (Å²) in [6, 6.07) is 10.6. The van der Waals surface area contributed by atoms with Crippen LogP contribution in [-0.2, 0) is 22.6 Å². The van der Waals surface area contributed by atoms with Crippen molar-refractivity contribution in [3.05, 3.63) is 69.8 Å². The minimum atomic E-state index is -0.553. The zero-order valence-electron chi connectivity index (χ0n) is 29.7. The summed E-state index contributed by atoms with van der Waals surface area (Å²) in [6.07, 6.45) is 6.98. The first-order valence-electron chi connectivity index (χ1n) is 18.8. The molecule has 0 aromatic heterocycles. The van der Waals surface area contributed by atoms with Crippen LogP contribution in [-0.4, -0.2) is 89.7 Å². The maximum Gasteiger partial charge on any atom is 0.237 e. The zero-order chi connectivity index (χ0) is 34.0. The van der Waals surface area contributed by atoms with Crippen molar-refractivity contribution in [2.75, 3.05) is 46.1 Å². The lowest BCUT2D eigenvalue weighted by atomic mass is 9.57. The van der Waals surface area contributed by atoms with E-state index in [1.807, 2.05) is 17.0 Å². The van der Waals surface area contributed by atoms with Crippen LogP contribution in [0.1, 0.15) is 92.5 Å². The minimum Gasteiger partial charge on any atom is -0.454 e. The number of hydrogen-bond donors (Lipinski definition) is 1. The molecular formula is C41H53N3O5. The molecule has 2 aromatic rings. The molecule has 0 unspecified atom stereocenters. The molecule has 262 valence electrons. The van der Waals surface area contributed by atoms with Gasteiger partial charge in [0.2, 0.25) is 12.7 Å². The second-order valence-electron chi connectivity index (χ2n) is 16.3. The van der Waals surface area contributed by atoms with Gasteiger partial charge in [-0.15, -0.1) is 0 Å². The molecule has 3 fully saturated rings. The van der Waals surface area contributed by atoms with Gasteiger partial charge in [0, 0.05) is 51.6 Å². The van der Waals surface area contributed by atoms with Crippen molar-refractivity contribution < 1.29 is 24.2 Å². The van der Waals surface area contributed by atoms with Crippen molar-refractivity contribution in [2.45, 2.75) is 96.7 Å². The third-order valence-corrected chi connectivity index (χ3v) is 13.4. The first-order valence-corrected chi connectivity index (χ1v) is 18.8. The van der Waals surface area contributed by atoms with Crippen LogP contribution in [0.25, 0.3) is 0 Å². The molecule has 1 N–H and O–H groups in total. The van der Waals surface area contributed by atoms with Crippen LogP contribution in [0.5, 0.6) is 11.5 Å². The lowest BCUT2D eigenvalue weighted by Gasteiger charge is -2.47. The fourth-order valence-corrected chi connectivity index (χ4v) is 10.6. The number of aliphatic hydroxyl groups excluding tert-OH is 1. The lowest BCUT2D eigenvalue weighted by Crippen LogP contribution is -2.58. The van der Waals surface area contributed by atoms with Crippen LogP contribution in [0, 0.1) is 24.2 Å². The number of fused-ring (bicyclic) bond motifs is 6. The molecule has 49 heavy (non-hydrogen) atoms. The van der Waals surface area contributed by atoms with Crippen molar-refractivity contribution in [1.29, 1.82) is 0 Å². The number of allylic oxidation sites excluding steroid dienone is 2. The van der Waals surface area contributed by atoms with E-state index in [4.69, 9.17) is 9.47 Å². The molecule has 1 amide bonds. The van der Waals surface area contributed by atoms with Crippen LogP contribution < -0.4 is 9.47 Å². The minimum absolute atomic E-state index is 0.0243. The molecule has 2 saturated heterocycles. The van der Waals surface area contributed by atoms with Gasteiger partial charge in [0.1, 0.15) is 0 Å². The summed E-state index contributed by atoms with van der Waals surface area (Å²) in [5.41, 5.74) is 8.29. The highest BCUT2D eigenvalue weighted by atomic mass is 16.7. The molecule has 1 saturated carbocycles. The van der Waals surface area contributed by atoms with Gasteiger partial charge in [-0.25, -0.2) is 0 Å². The van der Waals surface area contributed by atoms with Crippen molar-refractivity contribution in [1.82, 2.24) is 14.7 Å². The fourth-order valence-electron chi connectivity index (χ4n) is 10.6. The van der Waals surface area contributed by atoms with E-state index in [2.05, 4.69) is 61.8 Å². The SMILES string of the molecule is Cc1c([C@H](C)[C@H]2[C@H](O)C[C@H](C)CN2C(=O)CN2CCN(Cc3ccc4c(c3)OCO4)CC2)ccc2c1C[C@H]1[C@H]2CCC2=CC(=O)CC[C@@]21C. The summed E-state index contributed by atoms with van der Waals surface area (Å²) in [5, 5.41) is 11.6. The Morgan fingerprint density at radius 1 is 1.06 bits per heavy atom. The molecule has 8 heteroatoms. The van der Waals surface area contributed by atoms with Crippen LogP contribution >= 0.6 is 0 Å². The molecule has 0 spiro atoms. The Morgan fingerprint density at radius 3 is 2.65 bits per heavy atom.